The summed E-state index contributed by atoms with van der Waals surface area (Å²) in [7, 11) is 0. The molecule has 0 fully saturated rings. The molecule has 1 unspecified atom stereocenters. The van der Waals surface area contributed by atoms with Crippen molar-refractivity contribution in [1.82, 2.24) is 5.32 Å². The summed E-state index contributed by atoms with van der Waals surface area (Å²) in [5, 5.41) is 4.46. The number of benzene rings is 1. The maximum Gasteiger partial charge on any atom is 0.0449 e. The largest absolute Gasteiger partial charge is 0.316 e. The predicted molar refractivity (Wildman–Crippen MR) is 93.5 cm³/mol. The Morgan fingerprint density at radius 1 is 1.10 bits per heavy atom. The molecule has 0 aromatic heterocycles. The van der Waals surface area contributed by atoms with Gasteiger partial charge < -0.3 is 5.32 Å². The van der Waals surface area contributed by atoms with Crippen molar-refractivity contribution in [3.8, 4) is 0 Å². The molecule has 0 saturated carbocycles. The fraction of sp³-hybridized carbons (Fsp3) is 0.647. The molecule has 0 bridgehead atoms. The zero-order valence-electron chi connectivity index (χ0n) is 13.0. The van der Waals surface area contributed by atoms with Gasteiger partial charge in [0, 0.05) is 9.50 Å². The normalized spacial score (nSPS) is 13.2. The second-order valence-electron chi connectivity index (χ2n) is 6.49. The zero-order chi connectivity index (χ0) is 15.1. The van der Waals surface area contributed by atoms with Crippen LogP contribution in [0.5, 0.6) is 0 Å². The van der Waals surface area contributed by atoms with Crippen molar-refractivity contribution in [2.45, 2.75) is 40.5 Å². The molecule has 1 atom stereocenters. The summed E-state index contributed by atoms with van der Waals surface area (Å²) < 4.78 is 1.05. The standard InChI is InChI=1S/C17H27BrClN/c1-12(2)7-14(11-20-10-13(3)4)8-15-5-6-16(18)9-17(15)19/h5-6,9,12-14,20H,7-8,10-11H2,1-4H3. The summed E-state index contributed by atoms with van der Waals surface area (Å²) in [6.07, 6.45) is 2.28. The van der Waals surface area contributed by atoms with Crippen molar-refractivity contribution in [2.75, 3.05) is 13.1 Å². The number of halogens is 2. The van der Waals surface area contributed by atoms with E-state index in [1.165, 1.54) is 12.0 Å². The van der Waals surface area contributed by atoms with E-state index in [9.17, 15) is 0 Å². The molecule has 0 radical (unpaired) electrons. The molecule has 0 aliphatic rings. The van der Waals surface area contributed by atoms with Gasteiger partial charge >= 0.3 is 0 Å². The molecule has 1 aromatic rings. The lowest BCUT2D eigenvalue weighted by Gasteiger charge is -2.21. The fourth-order valence-electron chi connectivity index (χ4n) is 2.48. The second-order valence-corrected chi connectivity index (χ2v) is 7.81. The Morgan fingerprint density at radius 3 is 2.35 bits per heavy atom. The topological polar surface area (TPSA) is 12.0 Å². The van der Waals surface area contributed by atoms with E-state index >= 15 is 0 Å². The van der Waals surface area contributed by atoms with Gasteiger partial charge in [-0.25, -0.2) is 0 Å². The highest BCUT2D eigenvalue weighted by Gasteiger charge is 2.14. The Kier molecular flexibility index (Phi) is 8.16. The Morgan fingerprint density at radius 2 is 1.80 bits per heavy atom. The Bertz CT molecular complexity index is 404. The summed E-state index contributed by atoms with van der Waals surface area (Å²) in [6, 6.07) is 6.21. The average Bonchev–Trinajstić information content (AvgIpc) is 2.31. The Balaban J connectivity index is 2.63. The molecule has 1 N–H and O–H groups in total. The number of hydrogen-bond acceptors (Lipinski definition) is 1. The lowest BCUT2D eigenvalue weighted by molar-refractivity contribution is 0.376. The van der Waals surface area contributed by atoms with Crippen LogP contribution in [0.3, 0.4) is 0 Å². The van der Waals surface area contributed by atoms with Crippen LogP contribution in [0.15, 0.2) is 22.7 Å². The van der Waals surface area contributed by atoms with Gasteiger partial charge in [0.05, 0.1) is 0 Å². The first-order chi connectivity index (χ1) is 9.38. The van der Waals surface area contributed by atoms with E-state index < -0.39 is 0 Å². The van der Waals surface area contributed by atoms with Crippen LogP contribution in [0.25, 0.3) is 0 Å². The third-order valence-corrected chi connectivity index (χ3v) is 4.16. The molecule has 1 aromatic carbocycles. The number of rotatable bonds is 8. The molecule has 20 heavy (non-hydrogen) atoms. The van der Waals surface area contributed by atoms with Crippen LogP contribution in [-0.2, 0) is 6.42 Å². The SMILES string of the molecule is CC(C)CNCC(Cc1ccc(Br)cc1Cl)CC(C)C. The van der Waals surface area contributed by atoms with Crippen molar-refractivity contribution in [2.24, 2.45) is 17.8 Å². The summed E-state index contributed by atoms with van der Waals surface area (Å²) >= 11 is 9.81. The molecule has 3 heteroatoms. The molecule has 0 amide bonds. The molecule has 0 heterocycles. The van der Waals surface area contributed by atoms with Crippen LogP contribution >= 0.6 is 27.5 Å². The highest BCUT2D eigenvalue weighted by atomic mass is 79.9. The molecule has 0 spiro atoms. The summed E-state index contributed by atoms with van der Waals surface area (Å²) in [6.45, 7) is 11.2. The number of nitrogens with one attached hydrogen (secondary N) is 1. The first-order valence-corrected chi connectivity index (χ1v) is 8.70. The maximum absolute atomic E-state index is 6.34. The third-order valence-electron chi connectivity index (χ3n) is 3.31. The summed E-state index contributed by atoms with van der Waals surface area (Å²) in [5.41, 5.74) is 1.26. The highest BCUT2D eigenvalue weighted by Crippen LogP contribution is 2.25. The minimum absolute atomic E-state index is 0.646. The maximum atomic E-state index is 6.34. The van der Waals surface area contributed by atoms with Crippen molar-refractivity contribution in [1.29, 1.82) is 0 Å². The average molecular weight is 361 g/mol. The molecule has 0 aliphatic heterocycles. The molecular formula is C17H27BrClN. The van der Waals surface area contributed by atoms with Crippen LogP contribution in [0, 0.1) is 17.8 Å². The minimum Gasteiger partial charge on any atom is -0.316 e. The molecule has 114 valence electrons. The molecule has 1 rings (SSSR count). The minimum atomic E-state index is 0.646. The van der Waals surface area contributed by atoms with Gasteiger partial charge in [-0.2, -0.15) is 0 Å². The first-order valence-electron chi connectivity index (χ1n) is 7.53. The van der Waals surface area contributed by atoms with E-state index in [0.717, 1.165) is 34.9 Å². The van der Waals surface area contributed by atoms with Gasteiger partial charge in [-0.3, -0.25) is 0 Å². The second kappa shape index (κ2) is 9.07. The van der Waals surface area contributed by atoms with Crippen LogP contribution in [-0.4, -0.2) is 13.1 Å². The van der Waals surface area contributed by atoms with Crippen molar-refractivity contribution < 1.29 is 0 Å². The molecule has 1 nitrogen and oxygen atoms in total. The van der Waals surface area contributed by atoms with Gasteiger partial charge in [-0.05, 0) is 61.4 Å². The van der Waals surface area contributed by atoms with Crippen LogP contribution < -0.4 is 5.32 Å². The van der Waals surface area contributed by atoms with Crippen molar-refractivity contribution in [3.05, 3.63) is 33.3 Å². The predicted octanol–water partition coefficient (Wildman–Crippen LogP) is 5.55. The van der Waals surface area contributed by atoms with Gasteiger partial charge in [0.1, 0.15) is 0 Å². The lowest BCUT2D eigenvalue weighted by Crippen LogP contribution is -2.28. The number of hydrogen-bond donors (Lipinski definition) is 1. The molecular weight excluding hydrogens is 334 g/mol. The molecule has 0 aliphatic carbocycles. The highest BCUT2D eigenvalue weighted by molar-refractivity contribution is 9.10. The van der Waals surface area contributed by atoms with Gasteiger partial charge in [0.15, 0.2) is 0 Å². The van der Waals surface area contributed by atoms with Crippen LogP contribution in [0.1, 0.15) is 39.7 Å². The van der Waals surface area contributed by atoms with E-state index in [4.69, 9.17) is 11.6 Å². The van der Waals surface area contributed by atoms with E-state index in [1.807, 2.05) is 6.07 Å². The van der Waals surface area contributed by atoms with Gasteiger partial charge in [-0.15, -0.1) is 0 Å². The van der Waals surface area contributed by atoms with Gasteiger partial charge in [-0.1, -0.05) is 61.3 Å². The van der Waals surface area contributed by atoms with Crippen LogP contribution in [0.2, 0.25) is 5.02 Å². The van der Waals surface area contributed by atoms with Gasteiger partial charge in [0.25, 0.3) is 0 Å². The van der Waals surface area contributed by atoms with Crippen molar-refractivity contribution >= 4 is 27.5 Å². The van der Waals surface area contributed by atoms with E-state index in [0.29, 0.717) is 11.8 Å². The smallest absolute Gasteiger partial charge is 0.0449 e. The first kappa shape index (κ1) is 18.0. The third kappa shape index (κ3) is 7.10. The lowest BCUT2D eigenvalue weighted by atomic mass is 9.90. The Labute approximate surface area is 137 Å². The molecule has 0 saturated heterocycles. The van der Waals surface area contributed by atoms with Gasteiger partial charge in [0.2, 0.25) is 0 Å². The zero-order valence-corrected chi connectivity index (χ0v) is 15.4. The monoisotopic (exact) mass is 359 g/mol. The van der Waals surface area contributed by atoms with E-state index in [1.54, 1.807) is 0 Å². The van der Waals surface area contributed by atoms with E-state index in [-0.39, 0.29) is 0 Å². The summed E-state index contributed by atoms with van der Waals surface area (Å²) in [4.78, 5) is 0. The van der Waals surface area contributed by atoms with E-state index in [2.05, 4.69) is 61.1 Å². The Hall–Kier alpha value is -0.0500. The van der Waals surface area contributed by atoms with Crippen molar-refractivity contribution in [3.63, 3.8) is 0 Å². The quantitative estimate of drug-likeness (QED) is 0.640. The van der Waals surface area contributed by atoms with Crippen LogP contribution in [0.4, 0.5) is 0 Å². The fourth-order valence-corrected chi connectivity index (χ4v) is 3.23. The summed E-state index contributed by atoms with van der Waals surface area (Å²) in [5.74, 6) is 2.06.